The second kappa shape index (κ2) is 11.2. The molecule has 6 nitrogen and oxygen atoms in total. The lowest BCUT2D eigenvalue weighted by atomic mass is 10.1. The molecule has 2 aromatic carbocycles. The van der Waals surface area contributed by atoms with Crippen molar-refractivity contribution < 1.29 is 9.59 Å². The van der Waals surface area contributed by atoms with Gasteiger partial charge in [0.1, 0.15) is 0 Å². The fraction of sp³-hybridized carbons (Fsp3) is 0.308. The number of carbonyl (C=O) groups excluding carboxylic acids is 2. The van der Waals surface area contributed by atoms with Gasteiger partial charge >= 0.3 is 0 Å². The predicted octanol–water partition coefficient (Wildman–Crippen LogP) is 3.74. The van der Waals surface area contributed by atoms with Crippen LogP contribution in [0.2, 0.25) is 0 Å². The Hall–Kier alpha value is -3.00. The van der Waals surface area contributed by atoms with Crippen LogP contribution in [0.15, 0.2) is 66.7 Å². The van der Waals surface area contributed by atoms with Crippen LogP contribution in [0.1, 0.15) is 25.7 Å². The second-order valence-corrected chi connectivity index (χ2v) is 9.66. The fourth-order valence-electron chi connectivity index (χ4n) is 3.91. The number of thiophene rings is 1. The number of rotatable bonds is 8. The fourth-order valence-corrected chi connectivity index (χ4v) is 4.69. The van der Waals surface area contributed by atoms with Gasteiger partial charge < -0.3 is 10.6 Å². The van der Waals surface area contributed by atoms with E-state index in [1.54, 1.807) is 6.07 Å². The van der Waals surface area contributed by atoms with Crippen molar-refractivity contribution in [1.82, 2.24) is 15.1 Å². The van der Waals surface area contributed by atoms with Crippen molar-refractivity contribution in [3.63, 3.8) is 0 Å². The normalized spacial score (nSPS) is 14.7. The van der Waals surface area contributed by atoms with Crippen LogP contribution < -0.4 is 10.6 Å². The highest BCUT2D eigenvalue weighted by Gasteiger charge is 2.17. The van der Waals surface area contributed by atoms with Crippen LogP contribution >= 0.6 is 11.3 Å². The molecule has 1 fully saturated rings. The summed E-state index contributed by atoms with van der Waals surface area (Å²) in [6, 6.07) is 22.2. The quantitative estimate of drug-likeness (QED) is 0.535. The van der Waals surface area contributed by atoms with Gasteiger partial charge in [-0.2, -0.15) is 0 Å². The Morgan fingerprint density at radius 1 is 0.818 bits per heavy atom. The zero-order chi connectivity index (χ0) is 23.0. The molecular weight excluding hydrogens is 432 g/mol. The van der Waals surface area contributed by atoms with Crippen molar-refractivity contribution in [2.75, 3.05) is 38.0 Å². The molecule has 1 saturated heterocycles. The summed E-state index contributed by atoms with van der Waals surface area (Å²) in [6.07, 6.45) is 0. The molecule has 1 aliphatic heterocycles. The summed E-state index contributed by atoms with van der Waals surface area (Å²) in [5.74, 6) is -0.457. The van der Waals surface area contributed by atoms with Crippen molar-refractivity contribution in [3.8, 4) is 0 Å². The van der Waals surface area contributed by atoms with Crippen molar-refractivity contribution in [2.45, 2.75) is 20.0 Å². The first-order valence-corrected chi connectivity index (χ1v) is 12.1. The van der Waals surface area contributed by atoms with Gasteiger partial charge in [-0.25, -0.2) is 0 Å². The molecular formula is C26H30N4O2S. The molecule has 0 atom stereocenters. The summed E-state index contributed by atoms with van der Waals surface area (Å²) in [6.45, 7) is 8.05. The molecule has 1 aliphatic rings. The zero-order valence-electron chi connectivity index (χ0n) is 18.9. The van der Waals surface area contributed by atoms with E-state index < -0.39 is 0 Å². The molecule has 0 saturated carbocycles. The lowest BCUT2D eigenvalue weighted by molar-refractivity contribution is -0.115. The van der Waals surface area contributed by atoms with Gasteiger partial charge in [0.15, 0.2) is 0 Å². The number of amides is 2. The molecule has 2 amide bonds. The number of anilines is 1. The van der Waals surface area contributed by atoms with Gasteiger partial charge in [-0.3, -0.25) is 19.4 Å². The van der Waals surface area contributed by atoms with Crippen LogP contribution in [-0.4, -0.2) is 54.3 Å². The molecule has 0 spiro atoms. The Balaban J connectivity index is 1.18. The van der Waals surface area contributed by atoms with E-state index in [1.165, 1.54) is 22.5 Å². The first kappa shape index (κ1) is 23.2. The minimum Gasteiger partial charge on any atom is -0.342 e. The van der Waals surface area contributed by atoms with Crippen LogP contribution in [0.4, 0.5) is 5.69 Å². The molecule has 0 radical (unpaired) electrons. The summed E-state index contributed by atoms with van der Waals surface area (Å²) >= 11 is 1.42. The van der Waals surface area contributed by atoms with E-state index in [0.717, 1.165) is 49.8 Å². The van der Waals surface area contributed by atoms with Gasteiger partial charge in [0.05, 0.1) is 11.4 Å². The smallest absolute Gasteiger partial charge is 0.261 e. The number of carbonyl (C=O) groups is 2. The van der Waals surface area contributed by atoms with E-state index in [0.29, 0.717) is 4.88 Å². The minimum absolute atomic E-state index is 0.0508. The SMILES string of the molecule is Cc1ccc(C(=O)NCC(=O)Nc2ccc(CN3CCN(Cc4ccccc4)CC3)cc2)s1. The summed E-state index contributed by atoms with van der Waals surface area (Å²) in [5.41, 5.74) is 3.33. The third kappa shape index (κ3) is 6.99. The molecule has 2 heterocycles. The number of nitrogens with one attached hydrogen (secondary N) is 2. The van der Waals surface area contributed by atoms with Gasteiger partial charge in [-0.1, -0.05) is 42.5 Å². The zero-order valence-corrected chi connectivity index (χ0v) is 19.7. The van der Waals surface area contributed by atoms with Crippen molar-refractivity contribution in [3.05, 3.63) is 87.6 Å². The summed E-state index contributed by atoms with van der Waals surface area (Å²) in [7, 11) is 0. The minimum atomic E-state index is -0.237. The third-order valence-corrected chi connectivity index (χ3v) is 6.73. The summed E-state index contributed by atoms with van der Waals surface area (Å²) in [4.78, 5) is 30.9. The molecule has 0 unspecified atom stereocenters. The number of nitrogens with zero attached hydrogens (tertiary/aromatic N) is 2. The van der Waals surface area contributed by atoms with Gasteiger partial charge in [-0.15, -0.1) is 11.3 Å². The van der Waals surface area contributed by atoms with Crippen LogP contribution in [0.25, 0.3) is 0 Å². The number of benzene rings is 2. The van der Waals surface area contributed by atoms with Crippen LogP contribution in [-0.2, 0) is 17.9 Å². The highest BCUT2D eigenvalue weighted by molar-refractivity contribution is 7.13. The molecule has 0 aliphatic carbocycles. The maximum Gasteiger partial charge on any atom is 0.261 e. The highest BCUT2D eigenvalue weighted by atomic mass is 32.1. The largest absolute Gasteiger partial charge is 0.342 e. The average Bonchev–Trinajstić information content (AvgIpc) is 3.27. The Labute approximate surface area is 199 Å². The molecule has 3 aromatic rings. The second-order valence-electron chi connectivity index (χ2n) is 8.38. The number of hydrogen-bond donors (Lipinski definition) is 2. The third-order valence-electron chi connectivity index (χ3n) is 5.73. The van der Waals surface area contributed by atoms with Crippen molar-refractivity contribution >= 4 is 28.8 Å². The standard InChI is InChI=1S/C26H30N4O2S/c1-20-7-12-24(33-20)26(32)27-17-25(31)28-23-10-8-22(9-11-23)19-30-15-13-29(14-16-30)18-21-5-3-2-4-6-21/h2-12H,13-19H2,1H3,(H,27,32)(H,28,31). The summed E-state index contributed by atoms with van der Waals surface area (Å²) in [5, 5.41) is 5.51. The molecule has 2 N–H and O–H groups in total. The number of piperazine rings is 1. The highest BCUT2D eigenvalue weighted by Crippen LogP contribution is 2.15. The molecule has 4 rings (SSSR count). The lowest BCUT2D eigenvalue weighted by Crippen LogP contribution is -2.45. The number of aryl methyl sites for hydroxylation is 1. The monoisotopic (exact) mass is 462 g/mol. The Kier molecular flexibility index (Phi) is 7.88. The molecule has 172 valence electrons. The van der Waals surface area contributed by atoms with E-state index in [4.69, 9.17) is 0 Å². The van der Waals surface area contributed by atoms with Crippen molar-refractivity contribution in [1.29, 1.82) is 0 Å². The average molecular weight is 463 g/mol. The Morgan fingerprint density at radius 3 is 2.00 bits per heavy atom. The maximum absolute atomic E-state index is 12.2. The Bertz CT molecular complexity index is 1060. The van der Waals surface area contributed by atoms with E-state index >= 15 is 0 Å². The first-order valence-electron chi connectivity index (χ1n) is 11.3. The molecule has 0 bridgehead atoms. The van der Waals surface area contributed by atoms with Crippen LogP contribution in [0, 0.1) is 6.92 Å². The van der Waals surface area contributed by atoms with E-state index in [9.17, 15) is 9.59 Å². The van der Waals surface area contributed by atoms with E-state index in [2.05, 4.69) is 62.9 Å². The summed E-state index contributed by atoms with van der Waals surface area (Å²) < 4.78 is 0. The molecule has 33 heavy (non-hydrogen) atoms. The number of hydrogen-bond acceptors (Lipinski definition) is 5. The molecule has 7 heteroatoms. The maximum atomic E-state index is 12.2. The van der Waals surface area contributed by atoms with Gasteiger partial charge in [0.25, 0.3) is 5.91 Å². The topological polar surface area (TPSA) is 64.7 Å². The first-order chi connectivity index (χ1) is 16.0. The van der Waals surface area contributed by atoms with E-state index in [-0.39, 0.29) is 18.4 Å². The predicted molar refractivity (Wildman–Crippen MR) is 133 cm³/mol. The van der Waals surface area contributed by atoms with Crippen molar-refractivity contribution in [2.24, 2.45) is 0 Å². The Morgan fingerprint density at radius 2 is 1.42 bits per heavy atom. The van der Waals surface area contributed by atoms with Gasteiger partial charge in [0.2, 0.25) is 5.91 Å². The van der Waals surface area contributed by atoms with Gasteiger partial charge in [0, 0.05) is 49.8 Å². The van der Waals surface area contributed by atoms with Gasteiger partial charge in [-0.05, 0) is 42.3 Å². The lowest BCUT2D eigenvalue weighted by Gasteiger charge is -2.34. The van der Waals surface area contributed by atoms with Crippen LogP contribution in [0.5, 0.6) is 0 Å². The van der Waals surface area contributed by atoms with Crippen LogP contribution in [0.3, 0.4) is 0 Å². The van der Waals surface area contributed by atoms with E-state index in [1.807, 2.05) is 25.1 Å². The molecule has 1 aromatic heterocycles.